The molecule has 12 heteroatoms. The summed E-state index contributed by atoms with van der Waals surface area (Å²) in [6.07, 6.45) is 1.75. The molecule has 9 nitrogen and oxygen atoms in total. The molecule has 0 atom stereocenters. The van der Waals surface area contributed by atoms with Gasteiger partial charge in [0.1, 0.15) is 17.6 Å². The van der Waals surface area contributed by atoms with E-state index < -0.39 is 18.5 Å². The number of nitrogens with zero attached hydrogens (tertiary/aromatic N) is 2. The minimum atomic E-state index is -4.33. The van der Waals surface area contributed by atoms with Gasteiger partial charge >= 0.3 is 12.2 Å². The first-order valence-electron chi connectivity index (χ1n) is 18.0. The molecule has 1 saturated heterocycles. The molecular formula is C39H51F3N4O5. The minimum absolute atomic E-state index is 0.102. The van der Waals surface area contributed by atoms with Gasteiger partial charge in [-0.05, 0) is 99.3 Å². The van der Waals surface area contributed by atoms with Crippen LogP contribution < -0.4 is 29.7 Å². The molecule has 0 aliphatic carbocycles. The van der Waals surface area contributed by atoms with Crippen molar-refractivity contribution in [2.24, 2.45) is 0 Å². The van der Waals surface area contributed by atoms with Crippen LogP contribution in [0, 0.1) is 0 Å². The van der Waals surface area contributed by atoms with Gasteiger partial charge in [-0.25, -0.2) is 4.79 Å². The van der Waals surface area contributed by atoms with E-state index in [1.54, 1.807) is 66.7 Å². The number of alkyl halides is 3. The highest BCUT2D eigenvalue weighted by atomic mass is 19.4. The largest absolute Gasteiger partial charge is 0.493 e. The standard InChI is InChI=1S/C39H51F3N4O5/c1-4-6-8-23-43-38(48)44-30-12-19-35(36(28-30)49-3)51-33-17-13-31(14-18-33)46(25-9-22-39(40,41)42)37(47)29-10-15-32(16-11-29)50-34-20-26-45(27-21-34)24-7-5-2/h10-19,28,34H,4-9,20-27H2,1-3H3,(H2,43,44,48). The van der Waals surface area contributed by atoms with Gasteiger partial charge in [0, 0.05) is 55.6 Å². The second-order valence-corrected chi connectivity index (χ2v) is 12.8. The van der Waals surface area contributed by atoms with Crippen molar-refractivity contribution in [2.75, 3.05) is 50.1 Å². The Hall–Kier alpha value is -4.45. The number of rotatable bonds is 18. The van der Waals surface area contributed by atoms with Crippen molar-refractivity contribution in [3.05, 3.63) is 72.3 Å². The van der Waals surface area contributed by atoms with Crippen LogP contribution in [0.5, 0.6) is 23.0 Å². The zero-order chi connectivity index (χ0) is 36.6. The molecule has 3 aromatic rings. The molecule has 3 amide bonds. The number of nitrogens with one attached hydrogen (secondary N) is 2. The van der Waals surface area contributed by atoms with E-state index in [0.29, 0.717) is 46.5 Å². The predicted octanol–water partition coefficient (Wildman–Crippen LogP) is 9.43. The molecular weight excluding hydrogens is 661 g/mol. The third kappa shape index (κ3) is 13.0. The van der Waals surface area contributed by atoms with Gasteiger partial charge < -0.3 is 34.6 Å². The fourth-order valence-corrected chi connectivity index (χ4v) is 5.85. The third-order valence-corrected chi connectivity index (χ3v) is 8.72. The fourth-order valence-electron chi connectivity index (χ4n) is 5.85. The normalized spacial score (nSPS) is 13.8. The van der Waals surface area contributed by atoms with Crippen LogP contribution in [0.3, 0.4) is 0 Å². The van der Waals surface area contributed by atoms with Crippen LogP contribution >= 0.6 is 0 Å². The van der Waals surface area contributed by atoms with Crippen LogP contribution in [-0.2, 0) is 0 Å². The maximum Gasteiger partial charge on any atom is 0.389 e. The van der Waals surface area contributed by atoms with Crippen LogP contribution in [0.2, 0.25) is 0 Å². The van der Waals surface area contributed by atoms with Crippen molar-refractivity contribution < 1.29 is 37.0 Å². The Labute approximate surface area is 299 Å². The Morgan fingerprint density at radius 3 is 2.20 bits per heavy atom. The number of benzene rings is 3. The van der Waals surface area contributed by atoms with Crippen LogP contribution in [-0.4, -0.2) is 69.0 Å². The number of carbonyl (C=O) groups excluding carboxylic acids is 2. The number of hydrogen-bond acceptors (Lipinski definition) is 6. The predicted molar refractivity (Wildman–Crippen MR) is 194 cm³/mol. The topological polar surface area (TPSA) is 92.4 Å². The number of ether oxygens (including phenoxy) is 3. The number of methoxy groups -OCH3 is 1. The SMILES string of the molecule is CCCCCNC(=O)Nc1ccc(Oc2ccc(N(CCCC(F)(F)F)C(=O)c3ccc(OC4CCN(CCCC)CC4)cc3)cc2)c(OC)c1. The van der Waals surface area contributed by atoms with Gasteiger partial charge in [-0.2, -0.15) is 13.2 Å². The van der Waals surface area contributed by atoms with Gasteiger partial charge in [0.15, 0.2) is 11.5 Å². The molecule has 278 valence electrons. The lowest BCUT2D eigenvalue weighted by Crippen LogP contribution is -2.38. The van der Waals surface area contributed by atoms with Gasteiger partial charge in [0.05, 0.1) is 7.11 Å². The number of amides is 3. The van der Waals surface area contributed by atoms with Gasteiger partial charge in [-0.1, -0.05) is 33.1 Å². The molecule has 0 radical (unpaired) electrons. The van der Waals surface area contributed by atoms with Crippen molar-refractivity contribution in [1.29, 1.82) is 0 Å². The highest BCUT2D eigenvalue weighted by Crippen LogP contribution is 2.35. The van der Waals surface area contributed by atoms with E-state index in [1.807, 2.05) is 0 Å². The number of carbonyl (C=O) groups is 2. The van der Waals surface area contributed by atoms with Crippen LogP contribution in [0.4, 0.5) is 29.3 Å². The van der Waals surface area contributed by atoms with E-state index in [1.165, 1.54) is 24.9 Å². The molecule has 1 heterocycles. The minimum Gasteiger partial charge on any atom is -0.493 e. The van der Waals surface area contributed by atoms with Crippen LogP contribution in [0.15, 0.2) is 66.7 Å². The number of likely N-dealkylation sites (tertiary alicyclic amines) is 1. The summed E-state index contributed by atoms with van der Waals surface area (Å²) in [6, 6.07) is 18.0. The fraction of sp³-hybridized carbons (Fsp3) is 0.487. The first-order valence-corrected chi connectivity index (χ1v) is 18.0. The smallest absolute Gasteiger partial charge is 0.389 e. The monoisotopic (exact) mass is 712 g/mol. The van der Waals surface area contributed by atoms with E-state index in [-0.39, 0.29) is 25.1 Å². The van der Waals surface area contributed by atoms with Gasteiger partial charge in [0.25, 0.3) is 5.91 Å². The summed E-state index contributed by atoms with van der Waals surface area (Å²) in [5, 5.41) is 5.60. The van der Waals surface area contributed by atoms with E-state index in [4.69, 9.17) is 14.2 Å². The number of halogens is 3. The first kappa shape index (κ1) is 39.3. The molecule has 4 rings (SSSR count). The van der Waals surface area contributed by atoms with E-state index in [2.05, 4.69) is 29.4 Å². The summed E-state index contributed by atoms with van der Waals surface area (Å²) in [7, 11) is 1.49. The molecule has 0 spiro atoms. The highest BCUT2D eigenvalue weighted by Gasteiger charge is 2.28. The van der Waals surface area contributed by atoms with Gasteiger partial charge in [0.2, 0.25) is 0 Å². The number of hydrogen-bond donors (Lipinski definition) is 2. The van der Waals surface area contributed by atoms with Gasteiger partial charge in [-0.3, -0.25) is 4.79 Å². The Morgan fingerprint density at radius 2 is 1.55 bits per heavy atom. The molecule has 1 fully saturated rings. The maximum atomic E-state index is 13.7. The Bertz CT molecular complexity index is 1510. The first-order chi connectivity index (χ1) is 24.6. The van der Waals surface area contributed by atoms with E-state index in [9.17, 15) is 22.8 Å². The maximum absolute atomic E-state index is 13.7. The van der Waals surface area contributed by atoms with Crippen molar-refractivity contribution >= 4 is 23.3 Å². The lowest BCUT2D eigenvalue weighted by molar-refractivity contribution is -0.135. The van der Waals surface area contributed by atoms with Crippen molar-refractivity contribution in [3.8, 4) is 23.0 Å². The lowest BCUT2D eigenvalue weighted by Gasteiger charge is -2.32. The van der Waals surface area contributed by atoms with Crippen molar-refractivity contribution in [2.45, 2.75) is 83.9 Å². The highest BCUT2D eigenvalue weighted by molar-refractivity contribution is 6.06. The molecule has 1 aliphatic heterocycles. The second kappa shape index (κ2) is 19.8. The summed E-state index contributed by atoms with van der Waals surface area (Å²) in [4.78, 5) is 29.7. The lowest BCUT2D eigenvalue weighted by atomic mass is 10.1. The number of unbranched alkanes of at least 4 members (excludes halogenated alkanes) is 3. The number of urea groups is 1. The molecule has 0 saturated carbocycles. The molecule has 0 aromatic heterocycles. The Morgan fingerprint density at radius 1 is 0.863 bits per heavy atom. The zero-order valence-corrected chi connectivity index (χ0v) is 29.9. The summed E-state index contributed by atoms with van der Waals surface area (Å²) < 4.78 is 56.9. The van der Waals surface area contributed by atoms with Gasteiger partial charge in [-0.15, -0.1) is 0 Å². The van der Waals surface area contributed by atoms with Crippen molar-refractivity contribution in [3.63, 3.8) is 0 Å². The average Bonchev–Trinajstić information content (AvgIpc) is 3.12. The molecule has 0 bridgehead atoms. The van der Waals surface area contributed by atoms with E-state index in [0.717, 1.165) is 51.7 Å². The van der Waals surface area contributed by atoms with E-state index >= 15 is 0 Å². The average molecular weight is 713 g/mol. The quantitative estimate of drug-likeness (QED) is 0.128. The molecule has 0 unspecified atom stereocenters. The van der Waals surface area contributed by atoms with Crippen LogP contribution in [0.25, 0.3) is 0 Å². The second-order valence-electron chi connectivity index (χ2n) is 12.8. The molecule has 2 N–H and O–H groups in total. The molecule has 1 aliphatic rings. The Kier molecular flexibility index (Phi) is 15.3. The van der Waals surface area contributed by atoms with Crippen LogP contribution in [0.1, 0.15) is 82.0 Å². The third-order valence-electron chi connectivity index (χ3n) is 8.72. The Balaban J connectivity index is 1.40. The summed E-state index contributed by atoms with van der Waals surface area (Å²) in [6.45, 7) is 7.84. The summed E-state index contributed by atoms with van der Waals surface area (Å²) >= 11 is 0. The zero-order valence-electron chi connectivity index (χ0n) is 29.9. The molecule has 3 aromatic carbocycles. The summed E-state index contributed by atoms with van der Waals surface area (Å²) in [5.74, 6) is 1.44. The van der Waals surface area contributed by atoms with Crippen molar-refractivity contribution in [1.82, 2.24) is 10.2 Å². The number of anilines is 2. The molecule has 51 heavy (non-hydrogen) atoms. The summed E-state index contributed by atoms with van der Waals surface area (Å²) in [5.41, 5.74) is 1.30. The number of piperidine rings is 1.